The summed E-state index contributed by atoms with van der Waals surface area (Å²) in [6.45, 7) is 0. The van der Waals surface area contributed by atoms with Gasteiger partial charge in [0.05, 0.1) is 55.9 Å². The summed E-state index contributed by atoms with van der Waals surface area (Å²) in [5, 5.41) is 29.2. The molecule has 2 aliphatic carbocycles. The van der Waals surface area contributed by atoms with Crippen molar-refractivity contribution in [3.63, 3.8) is 0 Å². The molecule has 0 atom stereocenters. The molecule has 10 aromatic rings. The number of rotatable bonds is 3. The zero-order valence-corrected chi connectivity index (χ0v) is 30.4. The lowest BCUT2D eigenvalue weighted by Crippen LogP contribution is -2.11. The fraction of sp³-hybridized carbons (Fsp3) is 0.0588. The van der Waals surface area contributed by atoms with Crippen molar-refractivity contribution in [2.75, 3.05) is 0 Å². The van der Waals surface area contributed by atoms with Crippen LogP contribution in [-0.2, 0) is 0 Å². The molecule has 4 heterocycles. The number of hydrogen-bond acceptors (Lipinski definition) is 4. The number of benzene rings is 6. The van der Waals surface area contributed by atoms with E-state index < -0.39 is 0 Å². The average Bonchev–Trinajstić information content (AvgIpc) is 3.96. The zero-order chi connectivity index (χ0) is 37.8. The summed E-state index contributed by atoms with van der Waals surface area (Å²) < 4.78 is 17.5. The largest absolute Gasteiger partial charge is 0.455 e. The van der Waals surface area contributed by atoms with Gasteiger partial charge in [0.25, 0.3) is 0 Å². The van der Waals surface area contributed by atoms with Crippen LogP contribution in [0.2, 0.25) is 0 Å². The average molecular weight is 729 g/mol. The van der Waals surface area contributed by atoms with Crippen LogP contribution in [0, 0.1) is 34.5 Å². The minimum atomic E-state index is 0.478. The van der Waals surface area contributed by atoms with Gasteiger partial charge in [-0.2, -0.15) is 10.5 Å². The molecule has 0 fully saturated rings. The summed E-state index contributed by atoms with van der Waals surface area (Å²) in [6.07, 6.45) is 5.91. The Kier molecular flexibility index (Phi) is 6.47. The van der Waals surface area contributed by atoms with Gasteiger partial charge in [-0.15, -0.1) is 0 Å². The van der Waals surface area contributed by atoms with Crippen LogP contribution in [-0.4, -0.2) is 9.13 Å². The number of aromatic nitrogens is 2. The third-order valence-electron chi connectivity index (χ3n) is 11.8. The Morgan fingerprint density at radius 2 is 1.23 bits per heavy atom. The first kappa shape index (κ1) is 31.4. The molecule has 0 radical (unpaired) electrons. The summed E-state index contributed by atoms with van der Waals surface area (Å²) >= 11 is 0. The highest BCUT2D eigenvalue weighted by molar-refractivity contribution is 6.25. The molecule has 264 valence electrons. The normalized spacial score (nSPS) is 14.2. The van der Waals surface area contributed by atoms with E-state index in [-0.39, 0.29) is 0 Å². The number of hydrogen-bond donors (Lipinski definition) is 0. The monoisotopic (exact) mass is 728 g/mol. The molecule has 57 heavy (non-hydrogen) atoms. The first-order chi connectivity index (χ1) is 28.2. The molecular formula is C51H28N4O2. The lowest BCUT2D eigenvalue weighted by atomic mass is 9.85. The van der Waals surface area contributed by atoms with Crippen LogP contribution in [0.5, 0.6) is 0 Å². The van der Waals surface area contributed by atoms with E-state index in [0.717, 1.165) is 105 Å². The molecule has 4 aromatic heterocycles. The van der Waals surface area contributed by atoms with Crippen molar-refractivity contribution in [3.05, 3.63) is 155 Å². The van der Waals surface area contributed by atoms with E-state index in [0.29, 0.717) is 36.1 Å². The van der Waals surface area contributed by atoms with Gasteiger partial charge in [-0.05, 0) is 72.9 Å². The molecule has 6 aromatic carbocycles. The number of para-hydroxylation sites is 4. The zero-order valence-electron chi connectivity index (χ0n) is 30.4. The predicted octanol–water partition coefficient (Wildman–Crippen LogP) is 12.8. The van der Waals surface area contributed by atoms with Gasteiger partial charge in [-0.1, -0.05) is 90.9 Å². The first-order valence-electron chi connectivity index (χ1n) is 19.1. The maximum Gasteiger partial charge on any atom is 0.145 e. The Balaban J connectivity index is 1.14. The van der Waals surface area contributed by atoms with Gasteiger partial charge < -0.3 is 18.0 Å². The Bertz CT molecular complexity index is 3700. The molecule has 12 rings (SSSR count). The molecular weight excluding hydrogens is 701 g/mol. The van der Waals surface area contributed by atoms with Crippen LogP contribution in [0.25, 0.3) is 99.6 Å². The predicted molar refractivity (Wildman–Crippen MR) is 228 cm³/mol. The maximum absolute atomic E-state index is 11.3. The maximum atomic E-state index is 11.3. The number of furan rings is 2. The first-order valence-corrected chi connectivity index (χ1v) is 19.1. The van der Waals surface area contributed by atoms with E-state index in [4.69, 9.17) is 8.83 Å². The van der Waals surface area contributed by atoms with Crippen LogP contribution in [0.1, 0.15) is 36.1 Å². The summed E-state index contributed by atoms with van der Waals surface area (Å²) in [5.74, 6) is 6.86. The Morgan fingerprint density at radius 1 is 0.579 bits per heavy atom. The second-order valence-corrected chi connectivity index (χ2v) is 14.6. The number of nitrogens with zero attached hydrogens (tertiary/aromatic N) is 4. The minimum absolute atomic E-state index is 0.478. The summed E-state index contributed by atoms with van der Waals surface area (Å²) in [5.41, 5.74) is 12.3. The molecule has 6 heteroatoms. The van der Waals surface area contributed by atoms with Gasteiger partial charge in [0.2, 0.25) is 0 Å². The van der Waals surface area contributed by atoms with Gasteiger partial charge in [0, 0.05) is 44.5 Å². The van der Waals surface area contributed by atoms with Gasteiger partial charge in [0.1, 0.15) is 34.1 Å². The number of nitriles is 2. The fourth-order valence-corrected chi connectivity index (χ4v) is 9.42. The van der Waals surface area contributed by atoms with E-state index in [1.165, 1.54) is 0 Å². The van der Waals surface area contributed by atoms with E-state index in [2.05, 4.69) is 106 Å². The molecule has 0 spiro atoms. The van der Waals surface area contributed by atoms with E-state index in [1.54, 1.807) is 0 Å². The number of fused-ring (bicyclic) bond motifs is 14. The molecule has 0 bridgehead atoms. The molecule has 0 saturated heterocycles. The Morgan fingerprint density at radius 3 is 1.96 bits per heavy atom. The highest BCUT2D eigenvalue weighted by atomic mass is 16.3. The fourth-order valence-electron chi connectivity index (χ4n) is 9.42. The van der Waals surface area contributed by atoms with Crippen molar-refractivity contribution < 1.29 is 8.83 Å². The van der Waals surface area contributed by atoms with Crippen molar-refractivity contribution >= 4 is 93.9 Å². The Labute approximate surface area is 325 Å². The van der Waals surface area contributed by atoms with Crippen LogP contribution in [0.15, 0.2) is 147 Å². The van der Waals surface area contributed by atoms with Crippen molar-refractivity contribution in [2.24, 2.45) is 0 Å². The van der Waals surface area contributed by atoms with Crippen molar-refractivity contribution in [1.29, 1.82) is 10.5 Å². The standard InChI is InChI=1S/C51H28N4O2/c52-28-30-22-23-31(39(29-53)49(30)55-42-19-9-5-16-38(42)48-44(55)27-25-36-34-14-7-11-21-46(34)57-51(36)48)32-12-4-8-18-40(32)54-41-17-3-1-2-15-37(41)47-43(54)26-24-35-33-13-6-10-20-45(33)56-50(35)47/h2,4-16,18-21,24-27H,1,22-23H2. The minimum Gasteiger partial charge on any atom is -0.455 e. The van der Waals surface area contributed by atoms with Crippen LogP contribution < -0.4 is 0 Å². The molecule has 6 nitrogen and oxygen atoms in total. The van der Waals surface area contributed by atoms with Crippen molar-refractivity contribution in [2.45, 2.75) is 19.3 Å². The molecule has 2 aliphatic rings. The van der Waals surface area contributed by atoms with Crippen LogP contribution >= 0.6 is 0 Å². The number of allylic oxidation sites excluding steroid dienone is 5. The van der Waals surface area contributed by atoms with E-state index in [1.807, 2.05) is 60.7 Å². The van der Waals surface area contributed by atoms with Gasteiger partial charge in [0.15, 0.2) is 0 Å². The second-order valence-electron chi connectivity index (χ2n) is 14.6. The summed E-state index contributed by atoms with van der Waals surface area (Å²) in [7, 11) is 0. The highest BCUT2D eigenvalue weighted by Gasteiger charge is 2.30. The van der Waals surface area contributed by atoms with Gasteiger partial charge in [-0.25, -0.2) is 0 Å². The van der Waals surface area contributed by atoms with E-state index in [9.17, 15) is 10.5 Å². The third-order valence-corrected chi connectivity index (χ3v) is 11.8. The SMILES string of the molecule is N#CC1=C(n2c3ccccc3c3c4oc5ccccc5c4ccc32)C(C#N)=C(c2ccccc2-n2c3c(c4c5oc6ccccc6c5ccc42)C=CCC#C3)CC1. The quantitative estimate of drug-likeness (QED) is 0.170. The molecule has 0 unspecified atom stereocenters. The molecule has 0 saturated carbocycles. The lowest BCUT2D eigenvalue weighted by molar-refractivity contribution is 0.672. The van der Waals surface area contributed by atoms with Gasteiger partial charge >= 0.3 is 0 Å². The molecule has 0 amide bonds. The molecule has 0 N–H and O–H groups in total. The van der Waals surface area contributed by atoms with Crippen molar-refractivity contribution in [3.8, 4) is 29.7 Å². The van der Waals surface area contributed by atoms with Crippen LogP contribution in [0.4, 0.5) is 0 Å². The Hall–Kier alpha value is -7.98. The lowest BCUT2D eigenvalue weighted by Gasteiger charge is -2.24. The van der Waals surface area contributed by atoms with Gasteiger partial charge in [-0.3, -0.25) is 0 Å². The second kappa shape index (κ2) is 11.8. The third kappa shape index (κ3) is 4.23. The summed E-state index contributed by atoms with van der Waals surface area (Å²) in [6, 6.07) is 46.3. The summed E-state index contributed by atoms with van der Waals surface area (Å²) in [4.78, 5) is 0. The smallest absolute Gasteiger partial charge is 0.145 e. The van der Waals surface area contributed by atoms with Crippen LogP contribution in [0.3, 0.4) is 0 Å². The topological polar surface area (TPSA) is 83.7 Å². The molecule has 0 aliphatic heterocycles. The van der Waals surface area contributed by atoms with Crippen molar-refractivity contribution in [1.82, 2.24) is 9.13 Å². The van der Waals surface area contributed by atoms with E-state index >= 15 is 0 Å². The highest BCUT2D eigenvalue weighted by Crippen LogP contribution is 2.47.